The molecule has 2 nitrogen and oxygen atoms in total. The zero-order chi connectivity index (χ0) is 12.3. The summed E-state index contributed by atoms with van der Waals surface area (Å²) in [5.41, 5.74) is 1.34. The Labute approximate surface area is 97.9 Å². The Balaban J connectivity index is 2.07. The quantitative estimate of drug-likeness (QED) is 0.814. The van der Waals surface area contributed by atoms with Crippen molar-refractivity contribution in [2.45, 2.75) is 13.5 Å². The number of aryl methyl sites for hydroxylation is 1. The standard InChI is InChI=1S/C13H11F2NO/c1-9-4-11(14)2-3-13(9)17-8-10-5-12(15)7-16-6-10/h2-7H,8H2,1H3. The largest absolute Gasteiger partial charge is 0.489 e. The van der Waals surface area contributed by atoms with Crippen molar-refractivity contribution in [3.05, 3.63) is 59.4 Å². The van der Waals surface area contributed by atoms with Crippen molar-refractivity contribution in [1.82, 2.24) is 4.98 Å². The van der Waals surface area contributed by atoms with Crippen LogP contribution in [0.15, 0.2) is 36.7 Å². The third-order valence-corrected chi connectivity index (χ3v) is 2.29. The number of rotatable bonds is 3. The highest BCUT2D eigenvalue weighted by Gasteiger charge is 2.02. The van der Waals surface area contributed by atoms with Gasteiger partial charge in [-0.1, -0.05) is 0 Å². The van der Waals surface area contributed by atoms with Crippen molar-refractivity contribution >= 4 is 0 Å². The van der Waals surface area contributed by atoms with Crippen molar-refractivity contribution in [2.24, 2.45) is 0 Å². The highest BCUT2D eigenvalue weighted by Crippen LogP contribution is 2.19. The van der Waals surface area contributed by atoms with Crippen LogP contribution in [0.1, 0.15) is 11.1 Å². The molecule has 1 aromatic heterocycles. The lowest BCUT2D eigenvalue weighted by Crippen LogP contribution is -1.98. The zero-order valence-corrected chi connectivity index (χ0v) is 9.28. The van der Waals surface area contributed by atoms with E-state index in [0.29, 0.717) is 16.9 Å². The molecule has 4 heteroatoms. The Morgan fingerprint density at radius 1 is 1.12 bits per heavy atom. The van der Waals surface area contributed by atoms with E-state index in [1.165, 1.54) is 24.4 Å². The first-order chi connectivity index (χ1) is 8.15. The van der Waals surface area contributed by atoms with Gasteiger partial charge in [0.15, 0.2) is 0 Å². The lowest BCUT2D eigenvalue weighted by atomic mass is 10.2. The molecule has 0 radical (unpaired) electrons. The molecule has 0 atom stereocenters. The number of nitrogens with zero attached hydrogens (tertiary/aromatic N) is 1. The van der Waals surface area contributed by atoms with Crippen LogP contribution in [0, 0.1) is 18.6 Å². The fourth-order valence-corrected chi connectivity index (χ4v) is 1.47. The molecule has 0 saturated carbocycles. The van der Waals surface area contributed by atoms with Crippen LogP contribution < -0.4 is 4.74 Å². The topological polar surface area (TPSA) is 22.1 Å². The summed E-state index contributed by atoms with van der Waals surface area (Å²) in [5, 5.41) is 0. The molecule has 88 valence electrons. The molecule has 0 amide bonds. The van der Waals surface area contributed by atoms with Gasteiger partial charge < -0.3 is 4.74 Å². The third-order valence-electron chi connectivity index (χ3n) is 2.29. The molecule has 1 heterocycles. The van der Waals surface area contributed by atoms with Crippen molar-refractivity contribution in [3.8, 4) is 5.75 Å². The van der Waals surface area contributed by atoms with Gasteiger partial charge in [0.25, 0.3) is 0 Å². The van der Waals surface area contributed by atoms with Gasteiger partial charge in [-0.2, -0.15) is 0 Å². The minimum Gasteiger partial charge on any atom is -0.489 e. The number of ether oxygens (including phenoxy) is 1. The van der Waals surface area contributed by atoms with E-state index in [0.717, 1.165) is 6.20 Å². The first kappa shape index (κ1) is 11.5. The Bertz CT molecular complexity index is 529. The Kier molecular flexibility index (Phi) is 3.32. The highest BCUT2D eigenvalue weighted by molar-refractivity contribution is 5.32. The Hall–Kier alpha value is -1.97. The molecule has 17 heavy (non-hydrogen) atoms. The molecular formula is C13H11F2NO. The Morgan fingerprint density at radius 2 is 1.94 bits per heavy atom. The number of halogens is 2. The van der Waals surface area contributed by atoms with E-state index in [4.69, 9.17) is 4.74 Å². The fraction of sp³-hybridized carbons (Fsp3) is 0.154. The van der Waals surface area contributed by atoms with Gasteiger partial charge in [0.1, 0.15) is 24.0 Å². The first-order valence-electron chi connectivity index (χ1n) is 5.13. The molecule has 0 aliphatic rings. The molecule has 0 fully saturated rings. The summed E-state index contributed by atoms with van der Waals surface area (Å²) in [5.74, 6) is -0.125. The summed E-state index contributed by atoms with van der Waals surface area (Å²) >= 11 is 0. The van der Waals surface area contributed by atoms with Crippen LogP contribution in [0.4, 0.5) is 8.78 Å². The predicted octanol–water partition coefficient (Wildman–Crippen LogP) is 3.25. The maximum Gasteiger partial charge on any atom is 0.141 e. The Morgan fingerprint density at radius 3 is 2.65 bits per heavy atom. The fourth-order valence-electron chi connectivity index (χ4n) is 1.47. The van der Waals surface area contributed by atoms with Crippen molar-refractivity contribution in [3.63, 3.8) is 0 Å². The minimum absolute atomic E-state index is 0.206. The second-order valence-electron chi connectivity index (χ2n) is 3.71. The molecule has 0 aliphatic carbocycles. The van der Waals surface area contributed by atoms with Crippen molar-refractivity contribution in [1.29, 1.82) is 0 Å². The number of pyridine rings is 1. The molecule has 0 saturated heterocycles. The normalized spacial score (nSPS) is 10.3. The van der Waals surface area contributed by atoms with E-state index in [9.17, 15) is 8.78 Å². The molecule has 1 aromatic carbocycles. The van der Waals surface area contributed by atoms with Gasteiger partial charge in [-0.25, -0.2) is 8.78 Å². The van der Waals surface area contributed by atoms with E-state index in [-0.39, 0.29) is 12.4 Å². The second-order valence-corrected chi connectivity index (χ2v) is 3.71. The maximum absolute atomic E-state index is 12.9. The first-order valence-corrected chi connectivity index (χ1v) is 5.13. The van der Waals surface area contributed by atoms with Crippen LogP contribution in [0.3, 0.4) is 0 Å². The predicted molar refractivity (Wildman–Crippen MR) is 59.7 cm³/mol. The van der Waals surface area contributed by atoms with E-state index in [1.807, 2.05) is 0 Å². The van der Waals surface area contributed by atoms with Gasteiger partial charge >= 0.3 is 0 Å². The van der Waals surface area contributed by atoms with Gasteiger partial charge in [-0.05, 0) is 36.8 Å². The lowest BCUT2D eigenvalue weighted by Gasteiger charge is -2.08. The molecule has 0 aliphatic heterocycles. The highest BCUT2D eigenvalue weighted by atomic mass is 19.1. The summed E-state index contributed by atoms with van der Waals surface area (Å²) in [6.07, 6.45) is 2.66. The molecule has 0 bridgehead atoms. The van der Waals surface area contributed by atoms with Gasteiger partial charge in [0.2, 0.25) is 0 Å². The maximum atomic E-state index is 12.9. The second kappa shape index (κ2) is 4.91. The minimum atomic E-state index is -0.401. The third kappa shape index (κ3) is 3.00. The zero-order valence-electron chi connectivity index (χ0n) is 9.28. The average molecular weight is 235 g/mol. The number of benzene rings is 1. The van der Waals surface area contributed by atoms with Crippen LogP contribution in [0.25, 0.3) is 0 Å². The molecular weight excluding hydrogens is 224 g/mol. The van der Waals surface area contributed by atoms with E-state index in [1.54, 1.807) is 13.0 Å². The number of hydrogen-bond acceptors (Lipinski definition) is 2. The molecule has 0 spiro atoms. The van der Waals surface area contributed by atoms with Crippen LogP contribution in [0.5, 0.6) is 5.75 Å². The smallest absolute Gasteiger partial charge is 0.141 e. The van der Waals surface area contributed by atoms with Crippen LogP contribution in [-0.2, 0) is 6.61 Å². The summed E-state index contributed by atoms with van der Waals surface area (Å²) < 4.78 is 31.2. The monoisotopic (exact) mass is 235 g/mol. The van der Waals surface area contributed by atoms with Crippen LogP contribution >= 0.6 is 0 Å². The van der Waals surface area contributed by atoms with Crippen LogP contribution in [-0.4, -0.2) is 4.98 Å². The number of hydrogen-bond donors (Lipinski definition) is 0. The molecule has 2 rings (SSSR count). The SMILES string of the molecule is Cc1cc(F)ccc1OCc1cncc(F)c1. The van der Waals surface area contributed by atoms with Crippen molar-refractivity contribution < 1.29 is 13.5 Å². The molecule has 2 aromatic rings. The van der Waals surface area contributed by atoms with Gasteiger partial charge in [0.05, 0.1) is 6.20 Å². The summed E-state index contributed by atoms with van der Waals surface area (Å²) in [6, 6.07) is 5.62. The summed E-state index contributed by atoms with van der Waals surface area (Å²) in [7, 11) is 0. The lowest BCUT2D eigenvalue weighted by molar-refractivity contribution is 0.302. The van der Waals surface area contributed by atoms with E-state index >= 15 is 0 Å². The number of aromatic nitrogens is 1. The van der Waals surface area contributed by atoms with E-state index < -0.39 is 5.82 Å². The summed E-state index contributed by atoms with van der Waals surface area (Å²) in [4.78, 5) is 3.72. The summed E-state index contributed by atoms with van der Waals surface area (Å²) in [6.45, 7) is 1.96. The molecule has 0 unspecified atom stereocenters. The average Bonchev–Trinajstić information content (AvgIpc) is 2.28. The van der Waals surface area contributed by atoms with Crippen LogP contribution in [0.2, 0.25) is 0 Å². The van der Waals surface area contributed by atoms with Gasteiger partial charge in [-0.3, -0.25) is 4.98 Å². The van der Waals surface area contributed by atoms with Crippen molar-refractivity contribution in [2.75, 3.05) is 0 Å². The van der Waals surface area contributed by atoms with E-state index in [2.05, 4.69) is 4.98 Å². The van der Waals surface area contributed by atoms with Gasteiger partial charge in [-0.15, -0.1) is 0 Å². The molecule has 0 N–H and O–H groups in total. The van der Waals surface area contributed by atoms with Gasteiger partial charge in [0, 0.05) is 11.8 Å².